The van der Waals surface area contributed by atoms with E-state index in [0.29, 0.717) is 31.1 Å². The Kier molecular flexibility index (Phi) is 6.27. The molecule has 0 aromatic carbocycles. The van der Waals surface area contributed by atoms with Crippen LogP contribution in [0, 0.1) is 29.1 Å². The summed E-state index contributed by atoms with van der Waals surface area (Å²) >= 11 is 0. The Morgan fingerprint density at radius 2 is 1.70 bits per heavy atom. The highest BCUT2D eigenvalue weighted by molar-refractivity contribution is 5.86. The summed E-state index contributed by atoms with van der Waals surface area (Å²) in [6, 6.07) is 0. The van der Waals surface area contributed by atoms with Crippen LogP contribution in [0.25, 0.3) is 0 Å². The van der Waals surface area contributed by atoms with E-state index in [-0.39, 0.29) is 11.9 Å². The molecule has 0 radical (unpaired) electrons. The number of Topliss-reactive ketones (excluding diaryl/α,β-unsaturated/α-hetero) is 1. The number of ether oxygens (including phenoxy) is 1. The van der Waals surface area contributed by atoms with Crippen molar-refractivity contribution in [1.29, 1.82) is 0 Å². The molecule has 1 aliphatic heterocycles. The molecule has 3 nitrogen and oxygen atoms in total. The third-order valence-electron chi connectivity index (χ3n) is 5.92. The molecule has 1 heterocycles. The molecule has 0 amide bonds. The molecule has 1 saturated carbocycles. The lowest BCUT2D eigenvalue weighted by atomic mass is 9.75. The number of ketones is 1. The molecule has 0 unspecified atom stereocenters. The third kappa shape index (κ3) is 5.61. The standard InChI is InChI=1S/C20H34O3/c1-14-6-5-7-16-13-17(16)9-11-23-18(21)8-10-20(3,4)19(22)15(2)12-14/h14-17H,5-13H2,1-4H3/t14-,15+,16+,17-/m0/s1. The van der Waals surface area contributed by atoms with Crippen molar-refractivity contribution in [2.45, 2.75) is 79.1 Å². The molecule has 2 fully saturated rings. The number of esters is 1. The highest BCUT2D eigenvalue weighted by Gasteiger charge is 2.36. The van der Waals surface area contributed by atoms with Crippen LogP contribution in [0.4, 0.5) is 0 Å². The first-order valence-corrected chi connectivity index (χ1v) is 9.49. The summed E-state index contributed by atoms with van der Waals surface area (Å²) in [5.74, 6) is 2.48. The Bertz CT molecular complexity index is 427. The Labute approximate surface area is 141 Å². The van der Waals surface area contributed by atoms with Crippen molar-refractivity contribution in [3.8, 4) is 0 Å². The van der Waals surface area contributed by atoms with Gasteiger partial charge in [-0.1, -0.05) is 47.0 Å². The predicted octanol–water partition coefficient (Wildman–Crippen LogP) is 4.78. The lowest BCUT2D eigenvalue weighted by Gasteiger charge is -2.27. The topological polar surface area (TPSA) is 43.4 Å². The zero-order valence-corrected chi connectivity index (χ0v) is 15.4. The fourth-order valence-corrected chi connectivity index (χ4v) is 4.18. The average molecular weight is 322 g/mol. The molecule has 0 spiro atoms. The Morgan fingerprint density at radius 1 is 1.00 bits per heavy atom. The average Bonchev–Trinajstić information content (AvgIpc) is 3.22. The first-order chi connectivity index (χ1) is 10.8. The van der Waals surface area contributed by atoms with Crippen LogP contribution in [0.15, 0.2) is 0 Å². The van der Waals surface area contributed by atoms with Crippen molar-refractivity contribution in [3.05, 3.63) is 0 Å². The van der Waals surface area contributed by atoms with E-state index in [1.54, 1.807) is 0 Å². The highest BCUT2D eigenvalue weighted by atomic mass is 16.5. The number of hydrogen-bond donors (Lipinski definition) is 0. The zero-order chi connectivity index (χ0) is 17.0. The maximum absolute atomic E-state index is 12.7. The second kappa shape index (κ2) is 7.81. The minimum absolute atomic E-state index is 0.0811. The number of rotatable bonds is 0. The fraction of sp³-hybridized carbons (Fsp3) is 0.900. The first-order valence-electron chi connectivity index (χ1n) is 9.49. The van der Waals surface area contributed by atoms with Gasteiger partial charge in [0.15, 0.2) is 0 Å². The van der Waals surface area contributed by atoms with Gasteiger partial charge in [-0.15, -0.1) is 0 Å². The zero-order valence-electron chi connectivity index (χ0n) is 15.4. The minimum Gasteiger partial charge on any atom is -0.466 e. The van der Waals surface area contributed by atoms with E-state index in [1.807, 2.05) is 13.8 Å². The van der Waals surface area contributed by atoms with E-state index in [4.69, 9.17) is 4.74 Å². The van der Waals surface area contributed by atoms with Crippen LogP contribution in [-0.2, 0) is 14.3 Å². The molecule has 132 valence electrons. The maximum atomic E-state index is 12.7. The van der Waals surface area contributed by atoms with E-state index in [0.717, 1.165) is 24.7 Å². The van der Waals surface area contributed by atoms with Crippen molar-refractivity contribution in [2.75, 3.05) is 6.61 Å². The van der Waals surface area contributed by atoms with Gasteiger partial charge in [0.05, 0.1) is 6.61 Å². The van der Waals surface area contributed by atoms with Crippen LogP contribution in [0.3, 0.4) is 0 Å². The molecule has 3 heteroatoms. The predicted molar refractivity (Wildman–Crippen MR) is 92.0 cm³/mol. The Morgan fingerprint density at radius 3 is 2.43 bits per heavy atom. The van der Waals surface area contributed by atoms with Crippen LogP contribution in [0.5, 0.6) is 0 Å². The van der Waals surface area contributed by atoms with Crippen molar-refractivity contribution < 1.29 is 14.3 Å². The van der Waals surface area contributed by atoms with Crippen molar-refractivity contribution in [2.24, 2.45) is 29.1 Å². The summed E-state index contributed by atoms with van der Waals surface area (Å²) in [4.78, 5) is 24.6. The number of carbonyl (C=O) groups excluding carboxylic acids is 2. The number of carbonyl (C=O) groups is 2. The minimum atomic E-state index is -0.434. The van der Waals surface area contributed by atoms with Crippen LogP contribution in [0.2, 0.25) is 0 Å². The lowest BCUT2D eigenvalue weighted by molar-refractivity contribution is -0.145. The molecule has 1 aliphatic carbocycles. The summed E-state index contributed by atoms with van der Waals surface area (Å²) in [5, 5.41) is 0. The maximum Gasteiger partial charge on any atom is 0.305 e. The van der Waals surface area contributed by atoms with Crippen molar-refractivity contribution >= 4 is 11.8 Å². The molecule has 0 bridgehead atoms. The van der Waals surface area contributed by atoms with Crippen LogP contribution in [0.1, 0.15) is 79.1 Å². The molecular weight excluding hydrogens is 288 g/mol. The Hall–Kier alpha value is -0.860. The molecule has 2 rings (SSSR count). The molecule has 4 atom stereocenters. The molecule has 0 N–H and O–H groups in total. The van der Waals surface area contributed by atoms with Gasteiger partial charge in [-0.25, -0.2) is 0 Å². The van der Waals surface area contributed by atoms with Gasteiger partial charge in [0.1, 0.15) is 5.78 Å². The third-order valence-corrected chi connectivity index (χ3v) is 5.92. The number of hydrogen-bond acceptors (Lipinski definition) is 3. The molecule has 1 saturated heterocycles. The number of fused-ring (bicyclic) bond motifs is 1. The van der Waals surface area contributed by atoms with Gasteiger partial charge in [0.2, 0.25) is 0 Å². The van der Waals surface area contributed by atoms with E-state index in [1.165, 1.54) is 25.7 Å². The van der Waals surface area contributed by atoms with E-state index in [2.05, 4.69) is 13.8 Å². The van der Waals surface area contributed by atoms with Gasteiger partial charge in [0, 0.05) is 17.8 Å². The van der Waals surface area contributed by atoms with Crippen LogP contribution < -0.4 is 0 Å². The molecule has 2 aliphatic rings. The van der Waals surface area contributed by atoms with Gasteiger partial charge >= 0.3 is 5.97 Å². The summed E-state index contributed by atoms with van der Waals surface area (Å²) < 4.78 is 5.36. The van der Waals surface area contributed by atoms with Gasteiger partial charge in [-0.05, 0) is 43.4 Å². The van der Waals surface area contributed by atoms with E-state index < -0.39 is 5.41 Å². The fourth-order valence-electron chi connectivity index (χ4n) is 4.18. The second-order valence-electron chi connectivity index (χ2n) is 8.69. The van der Waals surface area contributed by atoms with Crippen molar-refractivity contribution in [1.82, 2.24) is 0 Å². The number of cyclic esters (lactones) is 1. The summed E-state index contributed by atoms with van der Waals surface area (Å²) in [6.45, 7) is 8.84. The SMILES string of the molecule is C[C@H]1CCC[C@@H]2C[C@@H]2CCOC(=O)CCC(C)(C)C(=O)[C@H](C)C1. The van der Waals surface area contributed by atoms with Crippen LogP contribution in [-0.4, -0.2) is 18.4 Å². The van der Waals surface area contributed by atoms with Gasteiger partial charge in [0.25, 0.3) is 0 Å². The van der Waals surface area contributed by atoms with Crippen molar-refractivity contribution in [3.63, 3.8) is 0 Å². The van der Waals surface area contributed by atoms with Gasteiger partial charge in [-0.3, -0.25) is 9.59 Å². The first kappa shape index (κ1) is 18.5. The highest BCUT2D eigenvalue weighted by Crippen LogP contribution is 2.45. The molecule has 0 aromatic heterocycles. The molecule has 0 aromatic rings. The quantitative estimate of drug-likeness (QED) is 0.603. The van der Waals surface area contributed by atoms with E-state index >= 15 is 0 Å². The monoisotopic (exact) mass is 322 g/mol. The molecular formula is C20H34O3. The van der Waals surface area contributed by atoms with Gasteiger partial charge < -0.3 is 4.74 Å². The Balaban J connectivity index is 1.95. The summed E-state index contributed by atoms with van der Waals surface area (Å²) in [7, 11) is 0. The van der Waals surface area contributed by atoms with Crippen LogP contribution >= 0.6 is 0 Å². The van der Waals surface area contributed by atoms with Gasteiger partial charge in [-0.2, -0.15) is 0 Å². The largest absolute Gasteiger partial charge is 0.466 e. The lowest BCUT2D eigenvalue weighted by Crippen LogP contribution is -2.31. The summed E-state index contributed by atoms with van der Waals surface area (Å²) in [6.07, 6.45) is 8.06. The smallest absolute Gasteiger partial charge is 0.305 e. The van der Waals surface area contributed by atoms with E-state index in [9.17, 15) is 9.59 Å². The molecule has 23 heavy (non-hydrogen) atoms. The normalized spacial score (nSPS) is 36.9. The summed E-state index contributed by atoms with van der Waals surface area (Å²) in [5.41, 5.74) is -0.434. The second-order valence-corrected chi connectivity index (χ2v) is 8.69.